The number of rotatable bonds is 3. The van der Waals surface area contributed by atoms with E-state index in [2.05, 4.69) is 6.58 Å². The van der Waals surface area contributed by atoms with Crippen molar-refractivity contribution < 1.29 is 26.3 Å². The van der Waals surface area contributed by atoms with Gasteiger partial charge in [-0.2, -0.15) is 26.3 Å². The summed E-state index contributed by atoms with van der Waals surface area (Å²) in [5.41, 5.74) is 3.08. The predicted octanol–water partition coefficient (Wildman–Crippen LogP) is 4.69. The largest absolute Gasteiger partial charge is 0.416 e. The van der Waals surface area contributed by atoms with Crippen molar-refractivity contribution in [2.75, 3.05) is 0 Å². The molecule has 1 atom stereocenters. The lowest BCUT2D eigenvalue weighted by atomic mass is 9.94. The molecule has 1 aromatic rings. The lowest BCUT2D eigenvalue weighted by molar-refractivity contribution is -0.143. The van der Waals surface area contributed by atoms with Crippen LogP contribution >= 0.6 is 0 Å². The van der Waals surface area contributed by atoms with Crippen LogP contribution in [0.4, 0.5) is 26.3 Å². The van der Waals surface area contributed by atoms with E-state index in [0.29, 0.717) is 11.6 Å². The highest BCUT2D eigenvalue weighted by molar-refractivity contribution is 5.37. The minimum atomic E-state index is -4.90. The van der Waals surface area contributed by atoms with Gasteiger partial charge < -0.3 is 5.73 Å². The molecule has 0 spiro atoms. The second-order valence-corrected chi connectivity index (χ2v) is 4.57. The van der Waals surface area contributed by atoms with Gasteiger partial charge in [-0.05, 0) is 31.0 Å². The van der Waals surface area contributed by atoms with Crippen LogP contribution in [0.3, 0.4) is 0 Å². The molecule has 0 aliphatic carbocycles. The first-order valence-electron chi connectivity index (χ1n) is 5.61. The Kier molecular flexibility index (Phi) is 4.53. The van der Waals surface area contributed by atoms with Crippen LogP contribution in [0.5, 0.6) is 0 Å². The SMILES string of the molecule is C=C(C)C[C@@H](N)c1ccc(C(F)(F)F)cc1C(F)(F)F. The molecule has 0 amide bonds. The number of hydrogen-bond donors (Lipinski definition) is 1. The minimum Gasteiger partial charge on any atom is -0.324 e. The molecular formula is C13H13F6N. The van der Waals surface area contributed by atoms with Crippen molar-refractivity contribution in [3.8, 4) is 0 Å². The van der Waals surface area contributed by atoms with E-state index in [1.165, 1.54) is 0 Å². The Balaban J connectivity index is 3.35. The fourth-order valence-corrected chi connectivity index (χ4v) is 1.79. The van der Waals surface area contributed by atoms with E-state index < -0.39 is 29.5 Å². The Labute approximate surface area is 112 Å². The van der Waals surface area contributed by atoms with Gasteiger partial charge in [0.1, 0.15) is 0 Å². The molecule has 112 valence electrons. The molecule has 0 aliphatic heterocycles. The second-order valence-electron chi connectivity index (χ2n) is 4.57. The molecule has 0 unspecified atom stereocenters. The van der Waals surface area contributed by atoms with Crippen LogP contribution in [-0.4, -0.2) is 0 Å². The fourth-order valence-electron chi connectivity index (χ4n) is 1.79. The first-order chi connectivity index (χ1) is 8.93. The average molecular weight is 297 g/mol. The maximum atomic E-state index is 12.9. The van der Waals surface area contributed by atoms with E-state index in [9.17, 15) is 26.3 Å². The zero-order valence-corrected chi connectivity index (χ0v) is 10.6. The molecule has 0 aromatic heterocycles. The quantitative estimate of drug-likeness (QED) is 0.635. The Hall–Kier alpha value is -1.50. The van der Waals surface area contributed by atoms with Crippen molar-refractivity contribution in [1.29, 1.82) is 0 Å². The third kappa shape index (κ3) is 4.00. The first-order valence-corrected chi connectivity index (χ1v) is 5.61. The molecule has 0 saturated heterocycles. The molecule has 20 heavy (non-hydrogen) atoms. The smallest absolute Gasteiger partial charge is 0.324 e. The molecule has 2 N–H and O–H groups in total. The number of benzene rings is 1. The lowest BCUT2D eigenvalue weighted by Gasteiger charge is -2.20. The Bertz CT molecular complexity index is 501. The number of alkyl halides is 6. The Morgan fingerprint density at radius 3 is 2.10 bits per heavy atom. The number of halogens is 6. The zero-order chi connectivity index (χ0) is 15.7. The minimum absolute atomic E-state index is 0.0639. The van der Waals surface area contributed by atoms with Gasteiger partial charge in [0, 0.05) is 6.04 Å². The van der Waals surface area contributed by atoms with Gasteiger partial charge in [-0.1, -0.05) is 11.6 Å². The van der Waals surface area contributed by atoms with E-state index in [-0.39, 0.29) is 18.1 Å². The van der Waals surface area contributed by atoms with Crippen LogP contribution in [0.25, 0.3) is 0 Å². The molecule has 0 fully saturated rings. The Morgan fingerprint density at radius 1 is 1.15 bits per heavy atom. The van der Waals surface area contributed by atoms with Gasteiger partial charge in [0.2, 0.25) is 0 Å². The molecule has 0 heterocycles. The average Bonchev–Trinajstić information content (AvgIpc) is 2.24. The standard InChI is InChI=1S/C13H13F6N/c1-7(2)5-11(20)9-4-3-8(12(14,15)16)6-10(9)13(17,18)19/h3-4,6,11H,1,5,20H2,2H3/t11-/m1/s1. The van der Waals surface area contributed by atoms with Crippen molar-refractivity contribution in [2.24, 2.45) is 5.73 Å². The molecule has 7 heteroatoms. The highest BCUT2D eigenvalue weighted by atomic mass is 19.4. The molecule has 0 saturated carbocycles. The summed E-state index contributed by atoms with van der Waals surface area (Å²) in [5.74, 6) is 0. The zero-order valence-electron chi connectivity index (χ0n) is 10.6. The third-order valence-electron chi connectivity index (χ3n) is 2.65. The highest BCUT2D eigenvalue weighted by Crippen LogP contribution is 2.39. The molecular weight excluding hydrogens is 284 g/mol. The van der Waals surface area contributed by atoms with E-state index in [4.69, 9.17) is 5.73 Å². The third-order valence-corrected chi connectivity index (χ3v) is 2.65. The monoisotopic (exact) mass is 297 g/mol. The van der Waals surface area contributed by atoms with Crippen molar-refractivity contribution in [2.45, 2.75) is 31.7 Å². The van der Waals surface area contributed by atoms with Gasteiger partial charge >= 0.3 is 12.4 Å². The van der Waals surface area contributed by atoms with Gasteiger partial charge in [0.05, 0.1) is 11.1 Å². The normalized spacial score (nSPS) is 14.2. The Morgan fingerprint density at radius 2 is 1.70 bits per heavy atom. The topological polar surface area (TPSA) is 26.0 Å². The second kappa shape index (κ2) is 5.47. The van der Waals surface area contributed by atoms with Gasteiger partial charge in [-0.15, -0.1) is 6.58 Å². The van der Waals surface area contributed by atoms with E-state index in [1.54, 1.807) is 6.92 Å². The molecule has 0 radical (unpaired) electrons. The van der Waals surface area contributed by atoms with Crippen molar-refractivity contribution >= 4 is 0 Å². The van der Waals surface area contributed by atoms with Crippen LogP contribution in [-0.2, 0) is 12.4 Å². The van der Waals surface area contributed by atoms with Gasteiger partial charge in [-0.25, -0.2) is 0 Å². The van der Waals surface area contributed by atoms with E-state index >= 15 is 0 Å². The summed E-state index contributed by atoms with van der Waals surface area (Å²) in [6.07, 6.45) is -9.67. The summed E-state index contributed by atoms with van der Waals surface area (Å²) in [6.45, 7) is 5.11. The van der Waals surface area contributed by atoms with Gasteiger partial charge in [-0.3, -0.25) is 0 Å². The summed E-state index contributed by atoms with van der Waals surface area (Å²) in [7, 11) is 0. The number of hydrogen-bond acceptors (Lipinski definition) is 1. The maximum absolute atomic E-state index is 12.9. The van der Waals surface area contributed by atoms with Crippen molar-refractivity contribution in [1.82, 2.24) is 0 Å². The summed E-state index contributed by atoms with van der Waals surface area (Å²) >= 11 is 0. The van der Waals surface area contributed by atoms with Crippen LogP contribution in [0.2, 0.25) is 0 Å². The van der Waals surface area contributed by atoms with Crippen LogP contribution < -0.4 is 5.73 Å². The fraction of sp³-hybridized carbons (Fsp3) is 0.385. The molecule has 0 aliphatic rings. The van der Waals surface area contributed by atoms with Crippen molar-refractivity contribution in [3.63, 3.8) is 0 Å². The first kappa shape index (κ1) is 16.6. The van der Waals surface area contributed by atoms with E-state index in [0.717, 1.165) is 6.07 Å². The summed E-state index contributed by atoms with van der Waals surface area (Å²) in [5, 5.41) is 0. The molecule has 1 aromatic carbocycles. The van der Waals surface area contributed by atoms with Crippen LogP contribution in [0.15, 0.2) is 30.4 Å². The summed E-state index contributed by atoms with van der Waals surface area (Å²) < 4.78 is 76.1. The lowest BCUT2D eigenvalue weighted by Crippen LogP contribution is -2.19. The maximum Gasteiger partial charge on any atom is 0.416 e. The molecule has 1 rings (SSSR count). The molecule has 0 bridgehead atoms. The van der Waals surface area contributed by atoms with Gasteiger partial charge in [0.15, 0.2) is 0 Å². The van der Waals surface area contributed by atoms with Crippen molar-refractivity contribution in [3.05, 3.63) is 47.0 Å². The molecule has 1 nitrogen and oxygen atoms in total. The predicted molar refractivity (Wildman–Crippen MR) is 62.8 cm³/mol. The van der Waals surface area contributed by atoms with Gasteiger partial charge in [0.25, 0.3) is 0 Å². The van der Waals surface area contributed by atoms with E-state index in [1.807, 2.05) is 0 Å². The van der Waals surface area contributed by atoms with Crippen LogP contribution in [0, 0.1) is 0 Å². The number of nitrogens with two attached hydrogens (primary N) is 1. The summed E-state index contributed by atoms with van der Waals surface area (Å²) in [6, 6.07) is 0.418. The summed E-state index contributed by atoms with van der Waals surface area (Å²) in [4.78, 5) is 0. The highest BCUT2D eigenvalue weighted by Gasteiger charge is 2.38. The van der Waals surface area contributed by atoms with Crippen LogP contribution in [0.1, 0.15) is 36.1 Å².